The number of fused-ring (bicyclic) bond motifs is 1. The van der Waals surface area contributed by atoms with E-state index in [0.29, 0.717) is 12.8 Å². The summed E-state index contributed by atoms with van der Waals surface area (Å²) >= 11 is 0. The number of likely N-dealkylation sites (tertiary alicyclic amines) is 2. The van der Waals surface area contributed by atoms with Crippen LogP contribution in [-0.4, -0.2) is 69.5 Å². The number of nitrogens with zero attached hydrogens (tertiary/aromatic N) is 3. The largest absolute Gasteiger partial charge is 0.416 e. The van der Waals surface area contributed by atoms with Gasteiger partial charge in [0.2, 0.25) is 11.8 Å². The Hall–Kier alpha value is -3.76. The van der Waals surface area contributed by atoms with Gasteiger partial charge in [0.25, 0.3) is 5.91 Å². The third-order valence-electron chi connectivity index (χ3n) is 6.76. The summed E-state index contributed by atoms with van der Waals surface area (Å²) in [7, 11) is 0. The van der Waals surface area contributed by atoms with Gasteiger partial charge in [-0.2, -0.15) is 13.2 Å². The maximum Gasteiger partial charge on any atom is 0.416 e. The third kappa shape index (κ3) is 5.65. The molecule has 11 heteroatoms. The van der Waals surface area contributed by atoms with Gasteiger partial charge in [-0.3, -0.25) is 24.2 Å². The molecular formula is C26H27F3N4O4. The highest BCUT2D eigenvalue weighted by atomic mass is 19.4. The van der Waals surface area contributed by atoms with Gasteiger partial charge in [-0.25, -0.2) is 0 Å². The molecule has 3 amide bonds. The lowest BCUT2D eigenvalue weighted by Gasteiger charge is -2.28. The Balaban J connectivity index is 1.44. The Morgan fingerprint density at radius 1 is 1.14 bits per heavy atom. The number of amides is 3. The maximum absolute atomic E-state index is 13.4. The van der Waals surface area contributed by atoms with E-state index in [0.717, 1.165) is 29.8 Å². The second kappa shape index (κ2) is 10.7. The van der Waals surface area contributed by atoms with E-state index in [9.17, 15) is 32.3 Å². The van der Waals surface area contributed by atoms with Crippen molar-refractivity contribution in [2.45, 2.75) is 56.9 Å². The Labute approximate surface area is 211 Å². The molecule has 0 spiro atoms. The van der Waals surface area contributed by atoms with Crippen LogP contribution in [0.5, 0.6) is 0 Å². The number of ketones is 1. The van der Waals surface area contributed by atoms with E-state index in [1.165, 1.54) is 9.80 Å². The molecule has 196 valence electrons. The molecule has 2 aliphatic heterocycles. The summed E-state index contributed by atoms with van der Waals surface area (Å²) in [6, 6.07) is 5.07. The molecule has 3 heterocycles. The summed E-state index contributed by atoms with van der Waals surface area (Å²) in [6.45, 7) is 2.00. The van der Waals surface area contributed by atoms with Crippen LogP contribution >= 0.6 is 0 Å². The van der Waals surface area contributed by atoms with Crippen molar-refractivity contribution in [2.24, 2.45) is 0 Å². The van der Waals surface area contributed by atoms with Crippen LogP contribution in [0.3, 0.4) is 0 Å². The SMILES string of the molecule is CCCC(NC(=O)c1ccc(C(F)(F)F)cc1)C(=O)N1CCC2C1C(=O)CN2C(=O)Cc1cccnc1. The van der Waals surface area contributed by atoms with Gasteiger partial charge in [-0.15, -0.1) is 0 Å². The molecule has 3 atom stereocenters. The molecule has 1 aromatic heterocycles. The first-order valence-electron chi connectivity index (χ1n) is 12.1. The van der Waals surface area contributed by atoms with E-state index in [4.69, 9.17) is 0 Å². The number of hydrogen-bond acceptors (Lipinski definition) is 5. The Bertz CT molecular complexity index is 1170. The summed E-state index contributed by atoms with van der Waals surface area (Å²) in [4.78, 5) is 58.9. The number of rotatable bonds is 7. The monoisotopic (exact) mass is 516 g/mol. The topological polar surface area (TPSA) is 99.7 Å². The number of benzene rings is 1. The zero-order valence-corrected chi connectivity index (χ0v) is 20.2. The number of halogens is 3. The van der Waals surface area contributed by atoms with E-state index in [1.807, 2.05) is 6.92 Å². The quantitative estimate of drug-likeness (QED) is 0.610. The zero-order chi connectivity index (χ0) is 26.7. The summed E-state index contributed by atoms with van der Waals surface area (Å²) in [5.41, 5.74) is -0.163. The van der Waals surface area contributed by atoms with Gasteiger partial charge in [-0.05, 0) is 48.7 Å². The van der Waals surface area contributed by atoms with Crippen LogP contribution in [0.2, 0.25) is 0 Å². The van der Waals surface area contributed by atoms with Crippen molar-refractivity contribution < 1.29 is 32.3 Å². The molecule has 0 radical (unpaired) electrons. The van der Waals surface area contributed by atoms with Crippen LogP contribution in [-0.2, 0) is 27.0 Å². The van der Waals surface area contributed by atoms with Crippen molar-refractivity contribution in [1.82, 2.24) is 20.1 Å². The molecule has 1 N–H and O–H groups in total. The van der Waals surface area contributed by atoms with Crippen molar-refractivity contribution in [3.8, 4) is 0 Å². The molecule has 37 heavy (non-hydrogen) atoms. The third-order valence-corrected chi connectivity index (χ3v) is 6.76. The standard InChI is InChI=1S/C26H27F3N4O4/c1-2-4-19(31-24(36)17-6-8-18(9-7-17)26(27,28)29)25(37)32-12-10-20-23(32)21(34)15-33(20)22(35)13-16-5-3-11-30-14-16/h3,5-9,11,14,19-20,23H,2,4,10,12-13,15H2,1H3,(H,31,36). The molecule has 2 fully saturated rings. The maximum atomic E-state index is 13.4. The van der Waals surface area contributed by atoms with Crippen LogP contribution in [0.25, 0.3) is 0 Å². The molecule has 4 rings (SSSR count). The second-order valence-corrected chi connectivity index (χ2v) is 9.25. The van der Waals surface area contributed by atoms with Gasteiger partial charge >= 0.3 is 6.18 Å². The number of Topliss-reactive ketones (excluding diaryl/α,β-unsaturated/α-hetero) is 1. The van der Waals surface area contributed by atoms with Gasteiger partial charge in [0.1, 0.15) is 12.1 Å². The number of pyridine rings is 1. The Morgan fingerprint density at radius 2 is 1.86 bits per heavy atom. The highest BCUT2D eigenvalue weighted by Crippen LogP contribution is 2.31. The van der Waals surface area contributed by atoms with Crippen molar-refractivity contribution in [2.75, 3.05) is 13.1 Å². The average molecular weight is 517 g/mol. The fourth-order valence-electron chi connectivity index (χ4n) is 4.97. The van der Waals surface area contributed by atoms with Crippen molar-refractivity contribution >= 4 is 23.5 Å². The molecule has 1 aromatic carbocycles. The fourth-order valence-corrected chi connectivity index (χ4v) is 4.97. The number of nitrogens with one attached hydrogen (secondary N) is 1. The smallest absolute Gasteiger partial charge is 0.340 e. The number of alkyl halides is 3. The lowest BCUT2D eigenvalue weighted by Crippen LogP contribution is -2.52. The molecule has 0 bridgehead atoms. The van der Waals surface area contributed by atoms with Crippen LogP contribution in [0, 0.1) is 0 Å². The van der Waals surface area contributed by atoms with E-state index in [2.05, 4.69) is 10.3 Å². The van der Waals surface area contributed by atoms with E-state index >= 15 is 0 Å². The first-order chi connectivity index (χ1) is 17.6. The summed E-state index contributed by atoms with van der Waals surface area (Å²) in [5, 5.41) is 2.62. The van der Waals surface area contributed by atoms with Gasteiger partial charge < -0.3 is 15.1 Å². The first-order valence-corrected chi connectivity index (χ1v) is 12.1. The molecule has 3 unspecified atom stereocenters. The molecule has 0 aliphatic carbocycles. The number of carbonyl (C=O) groups is 4. The summed E-state index contributed by atoms with van der Waals surface area (Å²) in [6.07, 6.45) is 0.0429. The summed E-state index contributed by atoms with van der Waals surface area (Å²) in [5.74, 6) is -1.57. The lowest BCUT2D eigenvalue weighted by molar-refractivity contribution is -0.138. The van der Waals surface area contributed by atoms with Crippen molar-refractivity contribution in [1.29, 1.82) is 0 Å². The van der Waals surface area contributed by atoms with E-state index < -0.39 is 41.7 Å². The van der Waals surface area contributed by atoms with Gasteiger partial charge in [0.05, 0.1) is 24.6 Å². The molecule has 2 saturated heterocycles. The first kappa shape index (κ1) is 26.3. The second-order valence-electron chi connectivity index (χ2n) is 9.25. The number of hydrogen-bond donors (Lipinski definition) is 1. The lowest BCUT2D eigenvalue weighted by atomic mass is 10.1. The zero-order valence-electron chi connectivity index (χ0n) is 20.2. The number of carbonyl (C=O) groups excluding carboxylic acids is 4. The van der Waals surface area contributed by atoms with Crippen LogP contribution in [0.1, 0.15) is 47.7 Å². The van der Waals surface area contributed by atoms with Crippen LogP contribution < -0.4 is 5.32 Å². The highest BCUT2D eigenvalue weighted by Gasteiger charge is 2.52. The highest BCUT2D eigenvalue weighted by molar-refractivity contribution is 6.01. The fraction of sp³-hybridized carbons (Fsp3) is 0.423. The Morgan fingerprint density at radius 3 is 2.49 bits per heavy atom. The number of aromatic nitrogens is 1. The van der Waals surface area contributed by atoms with Crippen molar-refractivity contribution in [3.63, 3.8) is 0 Å². The molecule has 2 aliphatic rings. The van der Waals surface area contributed by atoms with E-state index in [-0.39, 0.29) is 43.2 Å². The molecule has 0 saturated carbocycles. The molecule has 2 aromatic rings. The average Bonchev–Trinajstić information content (AvgIpc) is 3.45. The minimum atomic E-state index is -4.52. The molecular weight excluding hydrogens is 489 g/mol. The van der Waals surface area contributed by atoms with E-state index in [1.54, 1.807) is 24.5 Å². The van der Waals surface area contributed by atoms with Crippen LogP contribution in [0.4, 0.5) is 13.2 Å². The summed E-state index contributed by atoms with van der Waals surface area (Å²) < 4.78 is 38.5. The normalized spacial score (nSPS) is 20.1. The molecule has 8 nitrogen and oxygen atoms in total. The van der Waals surface area contributed by atoms with Crippen molar-refractivity contribution in [3.05, 3.63) is 65.5 Å². The van der Waals surface area contributed by atoms with Gasteiger partial charge in [0.15, 0.2) is 5.78 Å². The predicted octanol–water partition coefficient (Wildman–Crippen LogP) is 2.62. The predicted molar refractivity (Wildman–Crippen MR) is 126 cm³/mol. The van der Waals surface area contributed by atoms with Gasteiger partial charge in [0, 0.05) is 24.5 Å². The van der Waals surface area contributed by atoms with Crippen LogP contribution in [0.15, 0.2) is 48.8 Å². The van der Waals surface area contributed by atoms with Gasteiger partial charge in [-0.1, -0.05) is 19.4 Å². The minimum absolute atomic E-state index is 0.00896. The minimum Gasteiger partial charge on any atom is -0.340 e. The Kier molecular flexibility index (Phi) is 7.60.